The molecule has 1 saturated heterocycles. The van der Waals surface area contributed by atoms with E-state index in [0.29, 0.717) is 12.5 Å². The maximum Gasteiger partial charge on any atom is 0.262 e. The van der Waals surface area contributed by atoms with Crippen LogP contribution in [0.1, 0.15) is 40.3 Å². The lowest BCUT2D eigenvalue weighted by atomic mass is 9.89. The van der Waals surface area contributed by atoms with Crippen molar-refractivity contribution in [3.05, 3.63) is 62.7 Å². The molecule has 6 rings (SSSR count). The highest BCUT2D eigenvalue weighted by Gasteiger charge is 2.25. The molecule has 0 atom stereocenters. The van der Waals surface area contributed by atoms with E-state index in [1.165, 1.54) is 27.0 Å². The molecular weight excluding hydrogens is 432 g/mol. The van der Waals surface area contributed by atoms with Crippen molar-refractivity contribution < 1.29 is 4.42 Å². The highest BCUT2D eigenvalue weighted by Crippen LogP contribution is 2.35. The highest BCUT2D eigenvalue weighted by atomic mass is 32.1. The Morgan fingerprint density at radius 2 is 2.03 bits per heavy atom. The molecule has 5 heterocycles. The Kier molecular flexibility index (Phi) is 5.35. The van der Waals surface area contributed by atoms with Crippen molar-refractivity contribution in [1.29, 1.82) is 0 Å². The van der Waals surface area contributed by atoms with Gasteiger partial charge in [-0.1, -0.05) is 11.6 Å². The fourth-order valence-corrected chi connectivity index (χ4v) is 6.76. The number of thiophene rings is 1. The minimum atomic E-state index is 0.136. The maximum absolute atomic E-state index is 13.3. The van der Waals surface area contributed by atoms with Crippen molar-refractivity contribution in [2.24, 2.45) is 0 Å². The largest absolute Gasteiger partial charge is 0.464 e. The van der Waals surface area contributed by atoms with Crippen LogP contribution in [0.15, 0.2) is 40.0 Å². The van der Waals surface area contributed by atoms with Crippen molar-refractivity contribution in [3.63, 3.8) is 0 Å². The van der Waals surface area contributed by atoms with Gasteiger partial charge < -0.3 is 14.2 Å². The molecule has 4 aromatic rings. The smallest absolute Gasteiger partial charge is 0.262 e. The third kappa shape index (κ3) is 3.82. The monoisotopic (exact) mass is 462 g/mol. The second-order valence-electron chi connectivity index (χ2n) is 9.72. The number of aromatic nitrogens is 2. The van der Waals surface area contributed by atoms with Crippen LogP contribution < -0.4 is 5.56 Å². The normalized spacial score (nSPS) is 18.4. The van der Waals surface area contributed by atoms with Crippen LogP contribution in [-0.4, -0.2) is 52.6 Å². The zero-order valence-corrected chi connectivity index (χ0v) is 20.2. The molecule has 2 aliphatic heterocycles. The number of hydrogen-bond donors (Lipinski definition) is 0. The van der Waals surface area contributed by atoms with Crippen LogP contribution in [0.3, 0.4) is 0 Å². The summed E-state index contributed by atoms with van der Waals surface area (Å²) in [6.45, 7) is 7.76. The first-order chi connectivity index (χ1) is 16.1. The average molecular weight is 463 g/mol. The van der Waals surface area contributed by atoms with Crippen molar-refractivity contribution in [2.45, 2.75) is 45.2 Å². The van der Waals surface area contributed by atoms with Crippen LogP contribution in [0.2, 0.25) is 0 Å². The molecule has 0 spiro atoms. The summed E-state index contributed by atoms with van der Waals surface area (Å²) in [6.07, 6.45) is 6.91. The van der Waals surface area contributed by atoms with Crippen molar-refractivity contribution >= 4 is 32.5 Å². The number of likely N-dealkylation sites (tertiary alicyclic amines) is 1. The molecule has 0 unspecified atom stereocenters. The zero-order valence-electron chi connectivity index (χ0n) is 19.3. The second-order valence-corrected chi connectivity index (χ2v) is 10.8. The van der Waals surface area contributed by atoms with Crippen LogP contribution >= 0.6 is 11.3 Å². The SMILES string of the molecule is Cc1ccc2occ(C3CCN(CCn4cnc5sc6c(c5c4=O)CCN(C)C6)CC3)c2c1. The Morgan fingerprint density at radius 1 is 1.18 bits per heavy atom. The predicted octanol–water partition coefficient (Wildman–Crippen LogP) is 4.38. The topological polar surface area (TPSA) is 54.5 Å². The first-order valence-corrected chi connectivity index (χ1v) is 12.8. The molecule has 0 aliphatic carbocycles. The Hall–Kier alpha value is -2.48. The first kappa shape index (κ1) is 21.1. The standard InChI is InChI=1S/C26H30N4O2S/c1-17-3-4-22-20(13-17)21(15-32-22)18-5-9-29(10-6-18)11-12-30-16-27-25-24(26(30)31)19-7-8-28(2)14-23(19)33-25/h3-4,13,15-16,18H,5-12,14H2,1-2H3. The number of rotatable bonds is 4. The van der Waals surface area contributed by atoms with Gasteiger partial charge in [-0.15, -0.1) is 11.3 Å². The first-order valence-electron chi connectivity index (χ1n) is 11.9. The van der Waals surface area contributed by atoms with Crippen LogP contribution in [0.4, 0.5) is 0 Å². The Morgan fingerprint density at radius 3 is 2.88 bits per heavy atom. The van der Waals surface area contributed by atoms with Crippen LogP contribution in [0.5, 0.6) is 0 Å². The van der Waals surface area contributed by atoms with E-state index >= 15 is 0 Å². The molecule has 1 aromatic carbocycles. The van der Waals surface area contributed by atoms with E-state index in [1.807, 2.05) is 10.8 Å². The number of furan rings is 1. The van der Waals surface area contributed by atoms with E-state index < -0.39 is 0 Å². The number of hydrogen-bond acceptors (Lipinski definition) is 6. The maximum atomic E-state index is 13.3. The van der Waals surface area contributed by atoms with Crippen LogP contribution in [0, 0.1) is 6.92 Å². The number of likely N-dealkylation sites (N-methyl/N-ethyl adjacent to an activating group) is 1. The van der Waals surface area contributed by atoms with Gasteiger partial charge in [0, 0.05) is 42.0 Å². The highest BCUT2D eigenvalue weighted by molar-refractivity contribution is 7.18. The van der Waals surface area contributed by atoms with Gasteiger partial charge in [0.1, 0.15) is 10.4 Å². The van der Waals surface area contributed by atoms with Gasteiger partial charge in [0.05, 0.1) is 18.0 Å². The van der Waals surface area contributed by atoms with Crippen molar-refractivity contribution in [1.82, 2.24) is 19.4 Å². The fourth-order valence-electron chi connectivity index (χ4n) is 5.50. The molecule has 33 heavy (non-hydrogen) atoms. The Balaban J connectivity index is 1.13. The molecule has 0 amide bonds. The number of aryl methyl sites for hydroxylation is 1. The molecule has 2 aliphatic rings. The molecule has 172 valence electrons. The second kappa shape index (κ2) is 8.38. The minimum Gasteiger partial charge on any atom is -0.464 e. The fraction of sp³-hybridized carbons (Fsp3) is 0.462. The van der Waals surface area contributed by atoms with Gasteiger partial charge in [-0.25, -0.2) is 4.98 Å². The molecule has 7 heteroatoms. The number of benzene rings is 1. The van der Waals surface area contributed by atoms with Gasteiger partial charge in [-0.2, -0.15) is 0 Å². The zero-order chi connectivity index (χ0) is 22.5. The van der Waals surface area contributed by atoms with E-state index in [4.69, 9.17) is 4.42 Å². The van der Waals surface area contributed by atoms with Crippen LogP contribution in [-0.2, 0) is 19.5 Å². The third-order valence-electron chi connectivity index (χ3n) is 7.46. The molecule has 0 N–H and O–H groups in total. The van der Waals surface area contributed by atoms with E-state index in [-0.39, 0.29) is 5.56 Å². The van der Waals surface area contributed by atoms with Gasteiger partial charge in [0.15, 0.2) is 0 Å². The van der Waals surface area contributed by atoms with Crippen LogP contribution in [0.25, 0.3) is 21.2 Å². The quantitative estimate of drug-likeness (QED) is 0.451. The summed E-state index contributed by atoms with van der Waals surface area (Å²) in [4.78, 5) is 24.9. The van der Waals surface area contributed by atoms with E-state index in [2.05, 4.69) is 47.0 Å². The number of fused-ring (bicyclic) bond motifs is 4. The summed E-state index contributed by atoms with van der Waals surface area (Å²) in [6, 6.07) is 6.43. The summed E-state index contributed by atoms with van der Waals surface area (Å²) >= 11 is 1.69. The number of piperidine rings is 1. The molecule has 6 nitrogen and oxygen atoms in total. The minimum absolute atomic E-state index is 0.136. The summed E-state index contributed by atoms with van der Waals surface area (Å²) in [5, 5.41) is 2.14. The summed E-state index contributed by atoms with van der Waals surface area (Å²) in [5.74, 6) is 0.542. The van der Waals surface area contributed by atoms with E-state index in [9.17, 15) is 4.79 Å². The van der Waals surface area contributed by atoms with Crippen molar-refractivity contribution in [3.8, 4) is 0 Å². The lowest BCUT2D eigenvalue weighted by Crippen LogP contribution is -2.36. The Labute approximate surface area is 197 Å². The summed E-state index contributed by atoms with van der Waals surface area (Å²) < 4.78 is 7.64. The summed E-state index contributed by atoms with van der Waals surface area (Å²) in [7, 11) is 2.14. The van der Waals surface area contributed by atoms with Crippen molar-refractivity contribution in [2.75, 3.05) is 33.2 Å². The molecular formula is C26H30N4O2S. The molecule has 1 fully saturated rings. The van der Waals surface area contributed by atoms with Gasteiger partial charge in [0.25, 0.3) is 5.56 Å². The molecule has 3 aromatic heterocycles. The third-order valence-corrected chi connectivity index (χ3v) is 8.59. The number of nitrogens with zero attached hydrogens (tertiary/aromatic N) is 4. The molecule has 0 radical (unpaired) electrons. The van der Waals surface area contributed by atoms with E-state index in [1.54, 1.807) is 17.7 Å². The molecule has 0 bridgehead atoms. The van der Waals surface area contributed by atoms with Gasteiger partial charge in [0.2, 0.25) is 0 Å². The average Bonchev–Trinajstić information content (AvgIpc) is 3.40. The van der Waals surface area contributed by atoms with Gasteiger partial charge in [-0.3, -0.25) is 9.36 Å². The van der Waals surface area contributed by atoms with E-state index in [0.717, 1.165) is 67.8 Å². The Bertz CT molecular complexity index is 1380. The lowest BCUT2D eigenvalue weighted by molar-refractivity contribution is 0.204. The molecule has 0 saturated carbocycles. The summed E-state index contributed by atoms with van der Waals surface area (Å²) in [5.41, 5.74) is 4.99. The van der Waals surface area contributed by atoms with Gasteiger partial charge in [-0.05, 0) is 69.9 Å². The van der Waals surface area contributed by atoms with Gasteiger partial charge >= 0.3 is 0 Å². The predicted molar refractivity (Wildman–Crippen MR) is 133 cm³/mol. The lowest BCUT2D eigenvalue weighted by Gasteiger charge is -2.31.